The quantitative estimate of drug-likeness (QED) is 0.770. The predicted molar refractivity (Wildman–Crippen MR) is 104 cm³/mol. The molecule has 0 aliphatic rings. The van der Waals surface area contributed by atoms with E-state index in [1.165, 1.54) is 0 Å². The highest BCUT2D eigenvalue weighted by Gasteiger charge is 2.44. The molecule has 0 aliphatic carbocycles. The molecule has 1 N–H and O–H groups in total. The monoisotopic (exact) mass is 356 g/mol. The normalized spacial score (nSPS) is 13.6. The van der Waals surface area contributed by atoms with Crippen LogP contribution in [0.3, 0.4) is 0 Å². The van der Waals surface area contributed by atoms with Crippen LogP contribution in [-0.4, -0.2) is 25.5 Å². The Balaban J connectivity index is 2.42. The fraction of sp³-hybridized carbons (Fsp3) is 0.381. The third-order valence-corrected chi connectivity index (χ3v) is 5.10. The number of hydrogen-bond acceptors (Lipinski definition) is 3. The highest BCUT2D eigenvalue weighted by atomic mass is 28.4. The molecule has 0 bridgehead atoms. The Hall–Kier alpha value is -1.91. The third kappa shape index (κ3) is 4.80. The van der Waals surface area contributed by atoms with Gasteiger partial charge < -0.3 is 9.53 Å². The average Bonchev–Trinajstić information content (AvgIpc) is 2.55. The first-order chi connectivity index (χ1) is 11.6. The van der Waals surface area contributed by atoms with E-state index in [0.29, 0.717) is 0 Å². The molecule has 3 nitrogen and oxygen atoms in total. The molecule has 0 heterocycles. The van der Waals surface area contributed by atoms with E-state index in [2.05, 4.69) is 0 Å². The number of benzene rings is 2. The summed E-state index contributed by atoms with van der Waals surface area (Å²) in [5.41, 5.74) is 0.946. The number of rotatable bonds is 6. The zero-order chi connectivity index (χ0) is 18.7. The molecule has 0 fully saturated rings. The topological polar surface area (TPSA) is 46.5 Å². The van der Waals surface area contributed by atoms with Gasteiger partial charge in [-0.25, -0.2) is 0 Å². The van der Waals surface area contributed by atoms with Gasteiger partial charge in [-0.2, -0.15) is 0 Å². The molecule has 4 heteroatoms. The van der Waals surface area contributed by atoms with Crippen LogP contribution in [0.5, 0.6) is 0 Å². The van der Waals surface area contributed by atoms with E-state index in [9.17, 15) is 9.90 Å². The molecule has 1 atom stereocenters. The lowest BCUT2D eigenvalue weighted by atomic mass is 9.74. The summed E-state index contributed by atoms with van der Waals surface area (Å²) in [6.45, 7) is 9.44. The van der Waals surface area contributed by atoms with Crippen LogP contribution in [-0.2, 0) is 9.22 Å². The van der Waals surface area contributed by atoms with Crippen molar-refractivity contribution in [2.75, 3.05) is 0 Å². The average molecular weight is 357 g/mol. The molecule has 0 spiro atoms. The molecular formula is C21H28O3Si. The van der Waals surface area contributed by atoms with Crippen molar-refractivity contribution in [2.24, 2.45) is 5.41 Å². The molecule has 0 aromatic heterocycles. The molecule has 1 unspecified atom stereocenters. The first kappa shape index (κ1) is 19.4. The van der Waals surface area contributed by atoms with E-state index in [0.717, 1.165) is 11.1 Å². The van der Waals surface area contributed by atoms with Crippen molar-refractivity contribution in [3.8, 4) is 0 Å². The lowest BCUT2D eigenvalue weighted by molar-refractivity contribution is -0.151. The minimum absolute atomic E-state index is 0.299. The highest BCUT2D eigenvalue weighted by molar-refractivity contribution is 6.71. The minimum Gasteiger partial charge on any atom is -0.519 e. The Morgan fingerprint density at radius 1 is 0.920 bits per heavy atom. The van der Waals surface area contributed by atoms with Crippen molar-refractivity contribution in [3.05, 3.63) is 71.8 Å². The van der Waals surface area contributed by atoms with E-state index in [4.69, 9.17) is 4.43 Å². The largest absolute Gasteiger partial charge is 0.519 e. The third-order valence-electron chi connectivity index (χ3n) is 4.30. The molecule has 2 aromatic rings. The lowest BCUT2D eigenvalue weighted by Crippen LogP contribution is -2.46. The van der Waals surface area contributed by atoms with Crippen molar-refractivity contribution >= 4 is 14.3 Å². The van der Waals surface area contributed by atoms with E-state index >= 15 is 0 Å². The van der Waals surface area contributed by atoms with Crippen LogP contribution in [0.15, 0.2) is 60.7 Å². The van der Waals surface area contributed by atoms with Gasteiger partial charge in [-0.05, 0) is 44.6 Å². The van der Waals surface area contributed by atoms with E-state index < -0.39 is 19.8 Å². The standard InChI is InChI=1S/C21H28O3Si/c1-21(2,20(23)24-25(3,4)5)19(22)18(16-12-8-6-9-13-16)17-14-10-7-11-15-17/h6-15,18-19,22H,1-5H3. The maximum absolute atomic E-state index is 12.7. The molecular weight excluding hydrogens is 328 g/mol. The van der Waals surface area contributed by atoms with E-state index in [1.54, 1.807) is 13.8 Å². The van der Waals surface area contributed by atoms with Gasteiger partial charge >= 0.3 is 5.97 Å². The van der Waals surface area contributed by atoms with Crippen LogP contribution in [0.2, 0.25) is 19.6 Å². The smallest absolute Gasteiger partial charge is 0.300 e. The van der Waals surface area contributed by atoms with Crippen LogP contribution in [0.25, 0.3) is 0 Å². The molecule has 2 aromatic carbocycles. The van der Waals surface area contributed by atoms with Crippen LogP contribution < -0.4 is 0 Å². The van der Waals surface area contributed by atoms with Gasteiger partial charge in [0.1, 0.15) is 0 Å². The lowest BCUT2D eigenvalue weighted by Gasteiger charge is -2.36. The molecule has 0 saturated carbocycles. The zero-order valence-corrected chi connectivity index (χ0v) is 16.7. The summed E-state index contributed by atoms with van der Waals surface area (Å²) in [5.74, 6) is -0.636. The number of hydrogen-bond donors (Lipinski definition) is 1. The van der Waals surface area contributed by atoms with Gasteiger partial charge in [0.2, 0.25) is 8.32 Å². The van der Waals surface area contributed by atoms with Gasteiger partial charge in [-0.15, -0.1) is 0 Å². The highest BCUT2D eigenvalue weighted by Crippen LogP contribution is 2.38. The van der Waals surface area contributed by atoms with Crippen LogP contribution in [0.4, 0.5) is 0 Å². The molecule has 0 amide bonds. The van der Waals surface area contributed by atoms with Crippen LogP contribution >= 0.6 is 0 Å². The van der Waals surface area contributed by atoms with Gasteiger partial charge in [0.15, 0.2) is 0 Å². The maximum atomic E-state index is 12.7. The SMILES string of the molecule is CC(C)(C(=O)O[Si](C)(C)C)C(O)C(c1ccccc1)c1ccccc1. The van der Waals surface area contributed by atoms with Gasteiger partial charge in [-0.1, -0.05) is 60.7 Å². The Labute approximate surface area is 151 Å². The van der Waals surface area contributed by atoms with Crippen molar-refractivity contribution in [3.63, 3.8) is 0 Å². The first-order valence-electron chi connectivity index (χ1n) is 8.64. The predicted octanol–water partition coefficient (Wildman–Crippen LogP) is 4.58. The molecule has 0 radical (unpaired) electrons. The maximum Gasteiger partial charge on any atom is 0.300 e. The van der Waals surface area contributed by atoms with Crippen molar-refractivity contribution < 1.29 is 14.3 Å². The van der Waals surface area contributed by atoms with Crippen LogP contribution in [0, 0.1) is 5.41 Å². The van der Waals surface area contributed by atoms with Gasteiger partial charge in [0.25, 0.3) is 0 Å². The zero-order valence-electron chi connectivity index (χ0n) is 15.7. The van der Waals surface area contributed by atoms with Crippen molar-refractivity contribution in [1.82, 2.24) is 0 Å². The summed E-state index contributed by atoms with van der Waals surface area (Å²) >= 11 is 0. The van der Waals surface area contributed by atoms with Gasteiger partial charge in [-0.3, -0.25) is 4.79 Å². The fourth-order valence-electron chi connectivity index (χ4n) is 2.82. The molecule has 134 valence electrons. The number of carbonyl (C=O) groups excluding carboxylic acids is 1. The molecule has 2 rings (SSSR count). The number of aliphatic hydroxyl groups is 1. The van der Waals surface area contributed by atoms with Gasteiger partial charge in [0.05, 0.1) is 11.5 Å². The Bertz CT molecular complexity index is 651. The molecule has 0 saturated heterocycles. The summed E-state index contributed by atoms with van der Waals surface area (Å²) in [6.07, 6.45) is -0.902. The second-order valence-electron chi connectivity index (χ2n) is 7.97. The minimum atomic E-state index is -2.03. The van der Waals surface area contributed by atoms with Gasteiger partial charge in [0, 0.05) is 5.92 Å². The summed E-state index contributed by atoms with van der Waals surface area (Å²) in [6, 6.07) is 19.6. The van der Waals surface area contributed by atoms with E-state index in [1.807, 2.05) is 80.3 Å². The van der Waals surface area contributed by atoms with Crippen molar-refractivity contribution in [1.29, 1.82) is 0 Å². The van der Waals surface area contributed by atoms with E-state index in [-0.39, 0.29) is 11.9 Å². The van der Waals surface area contributed by atoms with Crippen LogP contribution in [0.1, 0.15) is 30.9 Å². The fourth-order valence-corrected chi connectivity index (χ4v) is 3.64. The summed E-state index contributed by atoms with van der Waals surface area (Å²) in [5, 5.41) is 11.2. The Morgan fingerprint density at radius 3 is 1.68 bits per heavy atom. The molecule has 0 aliphatic heterocycles. The second-order valence-corrected chi connectivity index (χ2v) is 12.4. The Morgan fingerprint density at radius 2 is 1.32 bits per heavy atom. The second kappa shape index (κ2) is 7.54. The number of carbonyl (C=O) groups is 1. The number of aliphatic hydroxyl groups excluding tert-OH is 1. The van der Waals surface area contributed by atoms with Crippen molar-refractivity contribution in [2.45, 2.75) is 45.5 Å². The summed E-state index contributed by atoms with van der Waals surface area (Å²) in [4.78, 5) is 12.7. The Kier molecular flexibility index (Phi) is 5.86. The summed E-state index contributed by atoms with van der Waals surface area (Å²) < 4.78 is 5.69. The first-order valence-corrected chi connectivity index (χ1v) is 12.0. The summed E-state index contributed by atoms with van der Waals surface area (Å²) in [7, 11) is -2.03. The molecule has 25 heavy (non-hydrogen) atoms.